The number of hydrogen-bond donors (Lipinski definition) is 1. The highest BCUT2D eigenvalue weighted by Gasteiger charge is 2.25. The second-order valence-corrected chi connectivity index (χ2v) is 4.61. The minimum Gasteiger partial charge on any atom is -0.388 e. The van der Waals surface area contributed by atoms with Crippen molar-refractivity contribution in [2.45, 2.75) is 58.5 Å². The molecule has 0 fully saturated rings. The predicted molar refractivity (Wildman–Crippen MR) is 65.1 cm³/mol. The van der Waals surface area contributed by atoms with Gasteiger partial charge in [-0.05, 0) is 23.8 Å². The number of rotatable bonds is 6. The van der Waals surface area contributed by atoms with Gasteiger partial charge in [0.2, 0.25) is 0 Å². The molecule has 3 nitrogen and oxygen atoms in total. The molecule has 0 aliphatic rings. The average Bonchev–Trinajstić information content (AvgIpc) is 2.30. The van der Waals surface area contributed by atoms with Crippen molar-refractivity contribution in [3.05, 3.63) is 23.8 Å². The standard InChI is InChI=1S/C13H22N2O/c1-4-6-13(3,7-5-2)11-8-14-12(10-16)15-9-11/h8-9,16H,4-7,10H2,1-3H3. The quantitative estimate of drug-likeness (QED) is 0.805. The number of aliphatic hydroxyl groups is 1. The Labute approximate surface area is 97.9 Å². The molecule has 1 aromatic heterocycles. The van der Waals surface area contributed by atoms with Crippen LogP contribution in [0.4, 0.5) is 0 Å². The van der Waals surface area contributed by atoms with E-state index < -0.39 is 0 Å². The molecule has 0 aromatic carbocycles. The summed E-state index contributed by atoms with van der Waals surface area (Å²) in [4.78, 5) is 8.33. The van der Waals surface area contributed by atoms with Gasteiger partial charge in [0, 0.05) is 12.4 Å². The average molecular weight is 222 g/mol. The molecule has 0 amide bonds. The first kappa shape index (κ1) is 13.1. The first-order chi connectivity index (χ1) is 7.66. The van der Waals surface area contributed by atoms with Crippen molar-refractivity contribution in [3.8, 4) is 0 Å². The monoisotopic (exact) mass is 222 g/mol. The largest absolute Gasteiger partial charge is 0.388 e. The smallest absolute Gasteiger partial charge is 0.153 e. The molecular weight excluding hydrogens is 200 g/mol. The zero-order valence-corrected chi connectivity index (χ0v) is 10.5. The van der Waals surface area contributed by atoms with Gasteiger partial charge in [0.25, 0.3) is 0 Å². The molecule has 0 saturated carbocycles. The van der Waals surface area contributed by atoms with Gasteiger partial charge in [0.05, 0.1) is 0 Å². The van der Waals surface area contributed by atoms with E-state index in [0.717, 1.165) is 25.7 Å². The number of nitrogens with zero attached hydrogens (tertiary/aromatic N) is 2. The second kappa shape index (κ2) is 5.94. The lowest BCUT2D eigenvalue weighted by Crippen LogP contribution is -2.22. The highest BCUT2D eigenvalue weighted by Crippen LogP contribution is 2.32. The van der Waals surface area contributed by atoms with Crippen LogP contribution < -0.4 is 0 Å². The third-order valence-corrected chi connectivity index (χ3v) is 3.15. The van der Waals surface area contributed by atoms with Gasteiger partial charge in [-0.3, -0.25) is 0 Å². The maximum Gasteiger partial charge on any atom is 0.153 e. The molecule has 0 spiro atoms. The molecule has 0 saturated heterocycles. The van der Waals surface area contributed by atoms with Crippen LogP contribution in [0, 0.1) is 0 Å². The fourth-order valence-electron chi connectivity index (χ4n) is 2.27. The van der Waals surface area contributed by atoms with E-state index in [0.29, 0.717) is 5.82 Å². The van der Waals surface area contributed by atoms with E-state index in [-0.39, 0.29) is 12.0 Å². The molecular formula is C13H22N2O. The summed E-state index contributed by atoms with van der Waals surface area (Å²) in [6.07, 6.45) is 8.37. The molecule has 1 heterocycles. The molecule has 0 aliphatic carbocycles. The SMILES string of the molecule is CCCC(C)(CCC)c1cnc(CO)nc1. The van der Waals surface area contributed by atoms with Gasteiger partial charge < -0.3 is 5.11 Å². The summed E-state index contributed by atoms with van der Waals surface area (Å²) in [6, 6.07) is 0. The van der Waals surface area contributed by atoms with E-state index in [4.69, 9.17) is 5.11 Å². The lowest BCUT2D eigenvalue weighted by molar-refractivity contribution is 0.270. The van der Waals surface area contributed by atoms with E-state index in [1.165, 1.54) is 5.56 Å². The van der Waals surface area contributed by atoms with Crippen LogP contribution in [-0.2, 0) is 12.0 Å². The number of aromatic nitrogens is 2. The van der Waals surface area contributed by atoms with Crippen LogP contribution in [0.25, 0.3) is 0 Å². The Bertz CT molecular complexity index is 302. The first-order valence-corrected chi connectivity index (χ1v) is 6.08. The summed E-state index contributed by atoms with van der Waals surface area (Å²) < 4.78 is 0. The normalized spacial score (nSPS) is 11.8. The maximum atomic E-state index is 8.91. The van der Waals surface area contributed by atoms with Gasteiger partial charge in [-0.2, -0.15) is 0 Å². The molecule has 0 radical (unpaired) electrons. The molecule has 1 N–H and O–H groups in total. The Morgan fingerprint density at radius 2 is 1.62 bits per heavy atom. The third-order valence-electron chi connectivity index (χ3n) is 3.15. The van der Waals surface area contributed by atoms with Gasteiger partial charge in [-0.15, -0.1) is 0 Å². The van der Waals surface area contributed by atoms with Crippen LogP contribution in [0.3, 0.4) is 0 Å². The summed E-state index contributed by atoms with van der Waals surface area (Å²) in [5.74, 6) is 0.499. The molecule has 1 rings (SSSR count). The lowest BCUT2D eigenvalue weighted by atomic mass is 9.76. The summed E-state index contributed by atoms with van der Waals surface area (Å²) in [6.45, 7) is 6.60. The van der Waals surface area contributed by atoms with Crippen LogP contribution in [0.2, 0.25) is 0 Å². The summed E-state index contributed by atoms with van der Waals surface area (Å²) >= 11 is 0. The van der Waals surface area contributed by atoms with Crippen LogP contribution in [0.1, 0.15) is 57.8 Å². The Hall–Kier alpha value is -0.960. The van der Waals surface area contributed by atoms with Gasteiger partial charge in [0.15, 0.2) is 5.82 Å². The van der Waals surface area contributed by atoms with Crippen LogP contribution >= 0.6 is 0 Å². The fraction of sp³-hybridized carbons (Fsp3) is 0.692. The molecule has 90 valence electrons. The zero-order valence-electron chi connectivity index (χ0n) is 10.5. The van der Waals surface area contributed by atoms with Gasteiger partial charge >= 0.3 is 0 Å². The Balaban J connectivity index is 2.91. The second-order valence-electron chi connectivity index (χ2n) is 4.61. The molecule has 0 atom stereocenters. The summed E-state index contributed by atoms with van der Waals surface area (Å²) in [5, 5.41) is 8.91. The van der Waals surface area contributed by atoms with Crippen molar-refractivity contribution >= 4 is 0 Å². The maximum absolute atomic E-state index is 8.91. The van der Waals surface area contributed by atoms with Gasteiger partial charge in [-0.25, -0.2) is 9.97 Å². The lowest BCUT2D eigenvalue weighted by Gasteiger charge is -2.29. The first-order valence-electron chi connectivity index (χ1n) is 6.08. The van der Waals surface area contributed by atoms with Gasteiger partial charge in [-0.1, -0.05) is 33.6 Å². The highest BCUT2D eigenvalue weighted by atomic mass is 16.3. The number of aliphatic hydroxyl groups excluding tert-OH is 1. The molecule has 0 bridgehead atoms. The van der Waals surface area contributed by atoms with Crippen molar-refractivity contribution in [1.29, 1.82) is 0 Å². The van der Waals surface area contributed by atoms with E-state index in [1.807, 2.05) is 12.4 Å². The van der Waals surface area contributed by atoms with Crippen LogP contribution in [0.15, 0.2) is 12.4 Å². The van der Waals surface area contributed by atoms with Crippen molar-refractivity contribution in [2.75, 3.05) is 0 Å². The van der Waals surface area contributed by atoms with E-state index in [2.05, 4.69) is 30.7 Å². The number of hydrogen-bond acceptors (Lipinski definition) is 3. The van der Waals surface area contributed by atoms with E-state index in [1.54, 1.807) is 0 Å². The molecule has 16 heavy (non-hydrogen) atoms. The fourth-order valence-corrected chi connectivity index (χ4v) is 2.27. The Kier molecular flexibility index (Phi) is 4.87. The Morgan fingerprint density at radius 1 is 1.12 bits per heavy atom. The minimum absolute atomic E-state index is 0.0848. The predicted octanol–water partition coefficient (Wildman–Crippen LogP) is 2.83. The van der Waals surface area contributed by atoms with Crippen molar-refractivity contribution in [3.63, 3.8) is 0 Å². The minimum atomic E-state index is -0.0848. The highest BCUT2D eigenvalue weighted by molar-refractivity contribution is 5.18. The van der Waals surface area contributed by atoms with Gasteiger partial charge in [0.1, 0.15) is 6.61 Å². The molecule has 0 aliphatic heterocycles. The van der Waals surface area contributed by atoms with Crippen molar-refractivity contribution < 1.29 is 5.11 Å². The van der Waals surface area contributed by atoms with E-state index >= 15 is 0 Å². The van der Waals surface area contributed by atoms with E-state index in [9.17, 15) is 0 Å². The molecule has 1 aromatic rings. The molecule has 0 unspecified atom stereocenters. The van der Waals surface area contributed by atoms with Crippen LogP contribution in [-0.4, -0.2) is 15.1 Å². The van der Waals surface area contributed by atoms with Crippen molar-refractivity contribution in [1.82, 2.24) is 9.97 Å². The topological polar surface area (TPSA) is 46.0 Å². The zero-order chi connectivity index (χ0) is 12.0. The Morgan fingerprint density at radius 3 is 2.00 bits per heavy atom. The third kappa shape index (κ3) is 3.01. The molecule has 3 heteroatoms. The van der Waals surface area contributed by atoms with Crippen LogP contribution in [0.5, 0.6) is 0 Å². The van der Waals surface area contributed by atoms with Crippen molar-refractivity contribution in [2.24, 2.45) is 0 Å². The summed E-state index contributed by atoms with van der Waals surface area (Å²) in [7, 11) is 0. The summed E-state index contributed by atoms with van der Waals surface area (Å²) in [5.41, 5.74) is 1.37.